The number of carboxylic acids is 2. The van der Waals surface area contributed by atoms with Crippen molar-refractivity contribution in [1.29, 1.82) is 0 Å². The second kappa shape index (κ2) is 13.6. The first-order chi connectivity index (χ1) is 22.0. The van der Waals surface area contributed by atoms with Gasteiger partial charge in [0, 0.05) is 49.4 Å². The Morgan fingerprint density at radius 1 is 0.872 bits per heavy atom. The van der Waals surface area contributed by atoms with Crippen LogP contribution in [0.25, 0.3) is 11.3 Å². The highest BCUT2D eigenvalue weighted by molar-refractivity contribution is 5.91. The molecule has 254 valence electrons. The summed E-state index contributed by atoms with van der Waals surface area (Å²) < 4.78 is 68.8. The topological polar surface area (TPSA) is 136 Å². The molecule has 1 fully saturated rings. The lowest BCUT2D eigenvalue weighted by Gasteiger charge is -2.26. The van der Waals surface area contributed by atoms with Gasteiger partial charge in [0.25, 0.3) is 0 Å². The maximum Gasteiger partial charge on any atom is 0.490 e. The number of carbonyl (C=O) groups is 3. The number of alkyl halides is 6. The lowest BCUT2D eigenvalue weighted by atomic mass is 9.94. The number of fused-ring (bicyclic) bond motifs is 2. The fourth-order valence-electron chi connectivity index (χ4n) is 5.68. The summed E-state index contributed by atoms with van der Waals surface area (Å²) in [6.45, 7) is 3.43. The van der Waals surface area contributed by atoms with Gasteiger partial charge in [-0.3, -0.25) is 14.8 Å². The Labute approximate surface area is 264 Å². The van der Waals surface area contributed by atoms with Crippen molar-refractivity contribution in [2.75, 3.05) is 27.2 Å². The Morgan fingerprint density at radius 3 is 1.98 bits per heavy atom. The number of aromatic nitrogens is 2. The molecule has 2 aliphatic heterocycles. The Balaban J connectivity index is 0.000000301. The number of hydrogen-bond acceptors (Lipinski definition) is 6. The summed E-state index contributed by atoms with van der Waals surface area (Å²) in [7, 11) is 3.83. The quantitative estimate of drug-likeness (QED) is 0.332. The van der Waals surface area contributed by atoms with Crippen LogP contribution in [0.2, 0.25) is 0 Å². The van der Waals surface area contributed by atoms with E-state index in [-0.39, 0.29) is 11.3 Å². The van der Waals surface area contributed by atoms with E-state index in [2.05, 4.69) is 52.3 Å². The average Bonchev–Trinajstić information content (AvgIpc) is 3.65. The minimum Gasteiger partial charge on any atom is -0.497 e. The van der Waals surface area contributed by atoms with Crippen LogP contribution in [0.5, 0.6) is 5.75 Å². The third kappa shape index (κ3) is 8.04. The third-order valence-electron chi connectivity index (χ3n) is 8.19. The largest absolute Gasteiger partial charge is 0.497 e. The number of aliphatic carboxylic acids is 2. The number of benzene rings is 2. The van der Waals surface area contributed by atoms with Crippen molar-refractivity contribution in [1.82, 2.24) is 20.0 Å². The maximum atomic E-state index is 13.7. The highest BCUT2D eigenvalue weighted by atomic mass is 19.4. The summed E-state index contributed by atoms with van der Waals surface area (Å²) in [6, 6.07) is 14.6. The SMILES string of the molecule is COc1ccc(C2(C(=O)N3CCc4[nH]nc(-c5cccc6c5CN(C)C6)c4CC3)CC2)cc1.O=C(O)C(F)(F)F.O=C(O)C(F)(F)F. The van der Waals surface area contributed by atoms with Gasteiger partial charge in [0.2, 0.25) is 5.91 Å². The number of rotatable bonds is 4. The molecular weight excluding hydrogens is 638 g/mol. The first-order valence-electron chi connectivity index (χ1n) is 14.4. The van der Waals surface area contributed by atoms with Gasteiger partial charge in [-0.2, -0.15) is 31.4 Å². The highest BCUT2D eigenvalue weighted by Crippen LogP contribution is 2.50. The smallest absolute Gasteiger partial charge is 0.490 e. The van der Waals surface area contributed by atoms with E-state index in [0.717, 1.165) is 68.9 Å². The fraction of sp³-hybridized carbons (Fsp3) is 0.419. The molecule has 3 N–H and O–H groups in total. The molecule has 1 aliphatic carbocycles. The number of halogens is 6. The zero-order valence-electron chi connectivity index (χ0n) is 25.3. The predicted molar refractivity (Wildman–Crippen MR) is 154 cm³/mol. The van der Waals surface area contributed by atoms with Crippen LogP contribution >= 0.6 is 0 Å². The van der Waals surface area contributed by atoms with Crippen LogP contribution < -0.4 is 4.74 Å². The van der Waals surface area contributed by atoms with Gasteiger partial charge in [0.15, 0.2) is 0 Å². The van der Waals surface area contributed by atoms with Crippen LogP contribution in [-0.2, 0) is 45.7 Å². The number of methoxy groups -OCH3 is 1. The number of H-pyrrole nitrogens is 1. The van der Waals surface area contributed by atoms with Crippen LogP contribution in [0.1, 0.15) is 40.8 Å². The molecule has 16 heteroatoms. The Hall–Kier alpha value is -4.60. The molecule has 0 spiro atoms. The van der Waals surface area contributed by atoms with Crippen molar-refractivity contribution in [3.8, 4) is 17.0 Å². The van der Waals surface area contributed by atoms with E-state index in [1.165, 1.54) is 27.9 Å². The van der Waals surface area contributed by atoms with Crippen LogP contribution in [0.4, 0.5) is 26.3 Å². The second-order valence-corrected chi connectivity index (χ2v) is 11.4. The minimum absolute atomic E-state index is 0.273. The fourth-order valence-corrected chi connectivity index (χ4v) is 5.68. The molecule has 0 bridgehead atoms. The maximum absolute atomic E-state index is 13.7. The van der Waals surface area contributed by atoms with E-state index in [1.54, 1.807) is 7.11 Å². The van der Waals surface area contributed by atoms with Gasteiger partial charge in [0.1, 0.15) is 5.75 Å². The molecule has 1 saturated carbocycles. The molecule has 0 radical (unpaired) electrons. The standard InChI is InChI=1S/C27H30N4O2.2C2HF3O2/c1-30-16-18-4-3-5-21(23(18)17-30)25-22-10-14-31(15-11-24(22)28-29-25)26(32)27(12-13-27)19-6-8-20(33-2)9-7-19;2*3-2(4,5)1(6)7/h3-9H,10-17H2,1-2H3,(H,28,29);2*(H,6,7). The zero-order chi connectivity index (χ0) is 34.7. The van der Waals surface area contributed by atoms with Crippen LogP contribution in [0, 0.1) is 0 Å². The van der Waals surface area contributed by atoms with Crippen molar-refractivity contribution in [2.24, 2.45) is 0 Å². The summed E-state index contributed by atoms with van der Waals surface area (Å²) in [5.41, 5.74) is 8.32. The van der Waals surface area contributed by atoms with E-state index in [9.17, 15) is 31.1 Å². The van der Waals surface area contributed by atoms with Crippen LogP contribution in [0.15, 0.2) is 42.5 Å². The molecular formula is C31H32F6N4O6. The van der Waals surface area contributed by atoms with E-state index >= 15 is 0 Å². The van der Waals surface area contributed by atoms with Crippen molar-refractivity contribution in [2.45, 2.75) is 56.5 Å². The molecule has 1 aromatic heterocycles. The first-order valence-corrected chi connectivity index (χ1v) is 14.4. The normalized spacial score (nSPS) is 16.7. The molecule has 0 atom stereocenters. The van der Waals surface area contributed by atoms with E-state index in [0.29, 0.717) is 0 Å². The van der Waals surface area contributed by atoms with Gasteiger partial charge in [-0.1, -0.05) is 30.3 Å². The van der Waals surface area contributed by atoms with E-state index in [4.69, 9.17) is 29.6 Å². The second-order valence-electron chi connectivity index (χ2n) is 11.4. The van der Waals surface area contributed by atoms with Crippen molar-refractivity contribution < 1.29 is 55.7 Å². The van der Waals surface area contributed by atoms with Gasteiger partial charge < -0.3 is 19.8 Å². The van der Waals surface area contributed by atoms with E-state index < -0.39 is 24.3 Å². The Morgan fingerprint density at radius 2 is 1.45 bits per heavy atom. The summed E-state index contributed by atoms with van der Waals surface area (Å²) in [5.74, 6) is -4.41. The summed E-state index contributed by atoms with van der Waals surface area (Å²) in [5, 5.41) is 22.3. The number of carboxylic acid groups (broad SMARTS) is 2. The van der Waals surface area contributed by atoms with Crippen LogP contribution in [0.3, 0.4) is 0 Å². The molecule has 10 nitrogen and oxygen atoms in total. The summed E-state index contributed by atoms with van der Waals surface area (Å²) in [4.78, 5) is 35.9. The number of aromatic amines is 1. The van der Waals surface area contributed by atoms with Crippen molar-refractivity contribution in [3.05, 3.63) is 70.4 Å². The predicted octanol–water partition coefficient (Wildman–Crippen LogP) is 4.96. The number of carbonyl (C=O) groups excluding carboxylic acids is 1. The van der Waals surface area contributed by atoms with Gasteiger partial charge in [-0.15, -0.1) is 0 Å². The minimum atomic E-state index is -5.08. The van der Waals surface area contributed by atoms with Gasteiger partial charge in [0.05, 0.1) is 18.2 Å². The number of amides is 1. The molecule has 3 aliphatic rings. The zero-order valence-corrected chi connectivity index (χ0v) is 25.3. The Bertz CT molecular complexity index is 1590. The molecule has 3 heterocycles. The molecule has 6 rings (SSSR count). The van der Waals surface area contributed by atoms with Crippen molar-refractivity contribution in [3.63, 3.8) is 0 Å². The summed E-state index contributed by atoms with van der Waals surface area (Å²) in [6.07, 6.45) is -6.65. The lowest BCUT2D eigenvalue weighted by Crippen LogP contribution is -2.40. The van der Waals surface area contributed by atoms with Gasteiger partial charge >= 0.3 is 24.3 Å². The highest BCUT2D eigenvalue weighted by Gasteiger charge is 2.53. The lowest BCUT2D eigenvalue weighted by molar-refractivity contribution is -0.193. The van der Waals surface area contributed by atoms with E-state index in [1.807, 2.05) is 12.1 Å². The van der Waals surface area contributed by atoms with Gasteiger partial charge in [-0.05, 0) is 55.1 Å². The molecule has 2 aromatic carbocycles. The number of nitrogens with one attached hydrogen (secondary N) is 1. The third-order valence-corrected chi connectivity index (χ3v) is 8.19. The number of hydrogen-bond donors (Lipinski definition) is 3. The monoisotopic (exact) mass is 670 g/mol. The number of nitrogens with zero attached hydrogens (tertiary/aromatic N) is 3. The molecule has 47 heavy (non-hydrogen) atoms. The van der Waals surface area contributed by atoms with Crippen LogP contribution in [-0.4, -0.2) is 87.7 Å². The van der Waals surface area contributed by atoms with Gasteiger partial charge in [-0.25, -0.2) is 9.59 Å². The average molecular weight is 671 g/mol. The molecule has 3 aromatic rings. The van der Waals surface area contributed by atoms with Crippen molar-refractivity contribution >= 4 is 17.8 Å². The Kier molecular flexibility index (Phi) is 10.2. The number of ether oxygens (including phenoxy) is 1. The molecule has 0 saturated heterocycles. The molecule has 0 unspecified atom stereocenters. The first kappa shape index (κ1) is 35.3. The summed E-state index contributed by atoms with van der Waals surface area (Å²) >= 11 is 0. The molecule has 1 amide bonds.